The van der Waals surface area contributed by atoms with Gasteiger partial charge in [0.15, 0.2) is 0 Å². The van der Waals surface area contributed by atoms with Gasteiger partial charge in [0.25, 0.3) is 0 Å². The number of hydrogen-bond acceptors (Lipinski definition) is 1. The van der Waals surface area contributed by atoms with Crippen molar-refractivity contribution >= 4 is 22.9 Å². The van der Waals surface area contributed by atoms with Crippen molar-refractivity contribution in [3.63, 3.8) is 0 Å². The van der Waals surface area contributed by atoms with Gasteiger partial charge >= 0.3 is 0 Å². The Kier molecular flexibility index (Phi) is 2.72. The van der Waals surface area contributed by atoms with Gasteiger partial charge in [-0.05, 0) is 42.2 Å². The number of hydrogen-bond donors (Lipinski definition) is 0. The molecule has 2 heteroatoms. The second kappa shape index (κ2) is 3.49. The zero-order valence-corrected chi connectivity index (χ0v) is 12.6. The van der Waals surface area contributed by atoms with Crippen LogP contribution in [0.25, 0.3) is 0 Å². The van der Waals surface area contributed by atoms with E-state index in [4.69, 9.17) is 11.6 Å². The van der Waals surface area contributed by atoms with Crippen molar-refractivity contribution in [1.29, 1.82) is 0 Å². The Morgan fingerprint density at radius 2 is 1.69 bits per heavy atom. The molecule has 0 saturated heterocycles. The molecule has 1 heterocycles. The Labute approximate surface area is 108 Å². The molecule has 90 valence electrons. The van der Waals surface area contributed by atoms with E-state index in [0.29, 0.717) is 16.7 Å². The standard InChI is InChI=1S/C14H21ClS/c1-8-7-9(2)16-11(8)10(15)12-13(3,4)14(12,5)6/h7,10,12H,1-6H3. The van der Waals surface area contributed by atoms with Crippen molar-refractivity contribution in [3.8, 4) is 0 Å². The van der Waals surface area contributed by atoms with Crippen LogP contribution in [0.1, 0.15) is 48.4 Å². The van der Waals surface area contributed by atoms with Crippen molar-refractivity contribution in [2.45, 2.75) is 46.9 Å². The van der Waals surface area contributed by atoms with Crippen molar-refractivity contribution < 1.29 is 0 Å². The van der Waals surface area contributed by atoms with Gasteiger partial charge in [0.1, 0.15) is 0 Å². The van der Waals surface area contributed by atoms with E-state index in [2.05, 4.69) is 47.6 Å². The third-order valence-electron chi connectivity index (χ3n) is 4.75. The smallest absolute Gasteiger partial charge is 0.0720 e. The average molecular weight is 257 g/mol. The number of alkyl halides is 1. The Morgan fingerprint density at radius 3 is 2.00 bits per heavy atom. The molecule has 0 spiro atoms. The van der Waals surface area contributed by atoms with Gasteiger partial charge in [0.05, 0.1) is 5.38 Å². The molecule has 1 aromatic rings. The molecule has 0 radical (unpaired) electrons. The summed E-state index contributed by atoms with van der Waals surface area (Å²) < 4.78 is 0. The lowest BCUT2D eigenvalue weighted by molar-refractivity contribution is 0.457. The summed E-state index contributed by atoms with van der Waals surface area (Å²) >= 11 is 8.56. The van der Waals surface area contributed by atoms with Gasteiger partial charge in [-0.2, -0.15) is 0 Å². The summed E-state index contributed by atoms with van der Waals surface area (Å²) in [5.74, 6) is 0.596. The molecule has 1 saturated carbocycles. The molecule has 0 nitrogen and oxygen atoms in total. The second-order valence-electron chi connectivity index (χ2n) is 6.23. The fourth-order valence-corrected chi connectivity index (χ4v) is 5.05. The van der Waals surface area contributed by atoms with Gasteiger partial charge < -0.3 is 0 Å². The van der Waals surface area contributed by atoms with Gasteiger partial charge in [0.2, 0.25) is 0 Å². The second-order valence-corrected chi connectivity index (χ2v) is 7.99. The molecular weight excluding hydrogens is 236 g/mol. The van der Waals surface area contributed by atoms with Crippen LogP contribution in [-0.2, 0) is 0 Å². The van der Waals surface area contributed by atoms with Gasteiger partial charge in [-0.3, -0.25) is 0 Å². The monoisotopic (exact) mass is 256 g/mol. The summed E-state index contributed by atoms with van der Waals surface area (Å²) in [6.07, 6.45) is 0. The quantitative estimate of drug-likeness (QED) is 0.628. The molecule has 1 aliphatic rings. The van der Waals surface area contributed by atoms with Crippen molar-refractivity contribution in [2.24, 2.45) is 16.7 Å². The maximum Gasteiger partial charge on any atom is 0.0720 e. The van der Waals surface area contributed by atoms with Crippen LogP contribution in [0.2, 0.25) is 0 Å². The molecule has 16 heavy (non-hydrogen) atoms. The Hall–Kier alpha value is -0.0100. The fourth-order valence-electron chi connectivity index (χ4n) is 3.06. The molecule has 0 amide bonds. The van der Waals surface area contributed by atoms with Crippen LogP contribution in [0.5, 0.6) is 0 Å². The molecular formula is C14H21ClS. The number of aryl methyl sites for hydroxylation is 2. The van der Waals surface area contributed by atoms with E-state index in [0.717, 1.165) is 0 Å². The van der Waals surface area contributed by atoms with Crippen LogP contribution < -0.4 is 0 Å². The van der Waals surface area contributed by atoms with Crippen molar-refractivity contribution in [3.05, 3.63) is 21.4 Å². The zero-order chi connectivity index (χ0) is 12.3. The first-order valence-electron chi connectivity index (χ1n) is 5.90. The summed E-state index contributed by atoms with van der Waals surface area (Å²) in [7, 11) is 0. The van der Waals surface area contributed by atoms with Crippen LogP contribution in [0, 0.1) is 30.6 Å². The van der Waals surface area contributed by atoms with Gasteiger partial charge in [0, 0.05) is 9.75 Å². The lowest BCUT2D eigenvalue weighted by Crippen LogP contribution is -1.98. The van der Waals surface area contributed by atoms with Gasteiger partial charge in [-0.15, -0.1) is 22.9 Å². The first-order valence-corrected chi connectivity index (χ1v) is 7.16. The summed E-state index contributed by atoms with van der Waals surface area (Å²) in [5.41, 5.74) is 2.09. The van der Waals surface area contributed by atoms with E-state index in [-0.39, 0.29) is 5.38 Å². The molecule has 1 aliphatic carbocycles. The van der Waals surface area contributed by atoms with Crippen LogP contribution in [0.4, 0.5) is 0 Å². The Bertz CT molecular complexity index is 400. The van der Waals surface area contributed by atoms with E-state index in [1.165, 1.54) is 15.3 Å². The lowest BCUT2D eigenvalue weighted by Gasteiger charge is -2.10. The van der Waals surface area contributed by atoms with Gasteiger partial charge in [-0.1, -0.05) is 27.7 Å². The summed E-state index contributed by atoms with van der Waals surface area (Å²) in [4.78, 5) is 2.75. The molecule has 2 rings (SSSR count). The highest BCUT2D eigenvalue weighted by molar-refractivity contribution is 7.12. The molecule has 0 bridgehead atoms. The van der Waals surface area contributed by atoms with Crippen molar-refractivity contribution in [2.75, 3.05) is 0 Å². The normalized spacial score (nSPS) is 24.4. The average Bonchev–Trinajstić information content (AvgIpc) is 2.37. The van der Waals surface area contributed by atoms with Crippen molar-refractivity contribution in [1.82, 2.24) is 0 Å². The van der Waals surface area contributed by atoms with Crippen LogP contribution in [-0.4, -0.2) is 0 Å². The largest absolute Gasteiger partial charge is 0.144 e. The predicted molar refractivity (Wildman–Crippen MR) is 73.4 cm³/mol. The molecule has 1 atom stereocenters. The van der Waals surface area contributed by atoms with Gasteiger partial charge in [-0.25, -0.2) is 0 Å². The van der Waals surface area contributed by atoms with E-state index in [1.54, 1.807) is 0 Å². The highest BCUT2D eigenvalue weighted by atomic mass is 35.5. The minimum absolute atomic E-state index is 0.184. The Balaban J connectivity index is 2.29. The molecule has 1 unspecified atom stereocenters. The van der Waals surface area contributed by atoms with E-state index in [9.17, 15) is 0 Å². The maximum atomic E-state index is 6.70. The third kappa shape index (κ3) is 1.55. The highest BCUT2D eigenvalue weighted by Crippen LogP contribution is 2.74. The summed E-state index contributed by atoms with van der Waals surface area (Å²) in [6.45, 7) is 13.7. The maximum absolute atomic E-state index is 6.70. The number of rotatable bonds is 2. The molecule has 0 aliphatic heterocycles. The minimum Gasteiger partial charge on any atom is -0.144 e. The zero-order valence-electron chi connectivity index (χ0n) is 11.0. The van der Waals surface area contributed by atoms with Crippen LogP contribution >= 0.6 is 22.9 Å². The highest BCUT2D eigenvalue weighted by Gasteiger charge is 2.67. The van der Waals surface area contributed by atoms with E-state index < -0.39 is 0 Å². The first kappa shape index (κ1) is 12.4. The third-order valence-corrected chi connectivity index (χ3v) is 6.59. The number of halogens is 1. The Morgan fingerprint density at radius 1 is 1.19 bits per heavy atom. The van der Waals surface area contributed by atoms with Crippen LogP contribution in [0.3, 0.4) is 0 Å². The van der Waals surface area contributed by atoms with Crippen LogP contribution in [0.15, 0.2) is 6.07 Å². The molecule has 1 aromatic heterocycles. The van der Waals surface area contributed by atoms with E-state index >= 15 is 0 Å². The predicted octanol–water partition coefficient (Wildman–Crippen LogP) is 5.33. The van der Waals surface area contributed by atoms with E-state index in [1.807, 2.05) is 11.3 Å². The fraction of sp³-hybridized carbons (Fsp3) is 0.714. The lowest BCUT2D eigenvalue weighted by atomic mass is 10.0. The summed E-state index contributed by atoms with van der Waals surface area (Å²) in [6, 6.07) is 2.25. The minimum atomic E-state index is 0.184. The molecule has 1 fully saturated rings. The molecule has 0 N–H and O–H groups in total. The SMILES string of the molecule is Cc1cc(C)c(C(Cl)C2C(C)(C)C2(C)C)s1. The topological polar surface area (TPSA) is 0 Å². The summed E-state index contributed by atoms with van der Waals surface area (Å²) in [5, 5.41) is 0.184. The molecule has 0 aromatic carbocycles. The number of thiophene rings is 1. The first-order chi connectivity index (χ1) is 7.19.